The number of ether oxygens (including phenoxy) is 1. The first kappa shape index (κ1) is 17.7. The van der Waals surface area contributed by atoms with Crippen LogP contribution in [0.3, 0.4) is 0 Å². The fourth-order valence-electron chi connectivity index (χ4n) is 2.26. The first-order valence-corrected chi connectivity index (χ1v) is 9.43. The van der Waals surface area contributed by atoms with Gasteiger partial charge in [-0.25, -0.2) is 13.1 Å². The number of furan rings is 1. The maximum Gasteiger partial charge on any atom is 0.287 e. The standard InChI is InChI=1S/C17H20N2O5S/c1-23-11-14-6-9-16(24-14)17(20)18-10-12-2-7-15(8-3-12)25(21,22)19-13-4-5-13/h2-3,6-9,13,19H,4-5,10-11H2,1H3,(H,18,20). The summed E-state index contributed by atoms with van der Waals surface area (Å²) in [6.07, 6.45) is 1.78. The fourth-order valence-corrected chi connectivity index (χ4v) is 3.57. The van der Waals surface area contributed by atoms with Gasteiger partial charge in [0.2, 0.25) is 10.0 Å². The summed E-state index contributed by atoms with van der Waals surface area (Å²) in [7, 11) is -1.91. The lowest BCUT2D eigenvalue weighted by Crippen LogP contribution is -2.26. The van der Waals surface area contributed by atoms with Crippen molar-refractivity contribution in [1.82, 2.24) is 10.0 Å². The van der Waals surface area contributed by atoms with Gasteiger partial charge in [0.25, 0.3) is 5.91 Å². The zero-order valence-electron chi connectivity index (χ0n) is 13.8. The van der Waals surface area contributed by atoms with Gasteiger partial charge < -0.3 is 14.5 Å². The van der Waals surface area contributed by atoms with Crippen molar-refractivity contribution in [3.05, 3.63) is 53.5 Å². The third kappa shape index (κ3) is 4.68. The van der Waals surface area contributed by atoms with Gasteiger partial charge in [0, 0.05) is 19.7 Å². The Morgan fingerprint density at radius 1 is 1.20 bits per heavy atom. The predicted molar refractivity (Wildman–Crippen MR) is 90.4 cm³/mol. The lowest BCUT2D eigenvalue weighted by Gasteiger charge is -2.07. The fraction of sp³-hybridized carbons (Fsp3) is 0.353. The topological polar surface area (TPSA) is 97.6 Å². The van der Waals surface area contributed by atoms with Crippen LogP contribution in [0.2, 0.25) is 0 Å². The van der Waals surface area contributed by atoms with Gasteiger partial charge in [0.05, 0.1) is 4.90 Å². The molecule has 1 saturated carbocycles. The van der Waals surface area contributed by atoms with Crippen molar-refractivity contribution in [1.29, 1.82) is 0 Å². The third-order valence-electron chi connectivity index (χ3n) is 3.76. The van der Waals surface area contributed by atoms with Crippen molar-refractivity contribution in [2.45, 2.75) is 36.9 Å². The van der Waals surface area contributed by atoms with E-state index < -0.39 is 10.0 Å². The highest BCUT2D eigenvalue weighted by Crippen LogP contribution is 2.22. The van der Waals surface area contributed by atoms with Gasteiger partial charge in [-0.05, 0) is 42.7 Å². The minimum absolute atomic E-state index is 0.0697. The van der Waals surface area contributed by atoms with Crippen LogP contribution in [0.15, 0.2) is 45.7 Å². The van der Waals surface area contributed by atoms with Crippen molar-refractivity contribution in [3.63, 3.8) is 0 Å². The molecule has 1 aliphatic carbocycles. The first-order chi connectivity index (χ1) is 12.0. The number of sulfonamides is 1. The summed E-state index contributed by atoms with van der Waals surface area (Å²) >= 11 is 0. The van der Waals surface area contributed by atoms with E-state index in [0.717, 1.165) is 18.4 Å². The van der Waals surface area contributed by atoms with Crippen molar-refractivity contribution in [2.75, 3.05) is 7.11 Å². The first-order valence-electron chi connectivity index (χ1n) is 7.95. The zero-order valence-corrected chi connectivity index (χ0v) is 14.6. The summed E-state index contributed by atoms with van der Waals surface area (Å²) < 4.78 is 37.1. The molecule has 0 aliphatic heterocycles. The van der Waals surface area contributed by atoms with E-state index in [9.17, 15) is 13.2 Å². The number of amides is 1. The summed E-state index contributed by atoms with van der Waals surface area (Å²) in [5.74, 6) is 0.444. The number of methoxy groups -OCH3 is 1. The average Bonchev–Trinajstić information content (AvgIpc) is 3.27. The normalized spacial score (nSPS) is 14.4. The van der Waals surface area contributed by atoms with Crippen LogP contribution in [-0.2, 0) is 27.9 Å². The molecule has 8 heteroatoms. The molecule has 134 valence electrons. The number of rotatable bonds is 8. The molecule has 7 nitrogen and oxygen atoms in total. The van der Waals surface area contributed by atoms with Gasteiger partial charge in [-0.15, -0.1) is 0 Å². The Morgan fingerprint density at radius 3 is 2.56 bits per heavy atom. The molecule has 2 aromatic rings. The summed E-state index contributed by atoms with van der Waals surface area (Å²) in [6.45, 7) is 0.577. The van der Waals surface area contributed by atoms with Crippen molar-refractivity contribution >= 4 is 15.9 Å². The molecular formula is C17H20N2O5S. The zero-order chi connectivity index (χ0) is 17.9. The second kappa shape index (κ2) is 7.38. The predicted octanol–water partition coefficient (Wildman–Crippen LogP) is 1.80. The molecule has 3 rings (SSSR count). The molecule has 1 aliphatic rings. The lowest BCUT2D eigenvalue weighted by molar-refractivity contribution is 0.0914. The van der Waals surface area contributed by atoms with Crippen molar-refractivity contribution in [3.8, 4) is 0 Å². The summed E-state index contributed by atoms with van der Waals surface area (Å²) in [5.41, 5.74) is 0.794. The van der Waals surface area contributed by atoms with Gasteiger partial charge in [0.1, 0.15) is 12.4 Å². The molecule has 0 unspecified atom stereocenters. The van der Waals surface area contributed by atoms with Crippen LogP contribution in [0.5, 0.6) is 0 Å². The number of hydrogen-bond acceptors (Lipinski definition) is 5. The molecule has 0 saturated heterocycles. The van der Waals surface area contributed by atoms with Gasteiger partial charge in [-0.3, -0.25) is 4.79 Å². The van der Waals surface area contributed by atoms with Gasteiger partial charge in [-0.2, -0.15) is 0 Å². The number of hydrogen-bond donors (Lipinski definition) is 2. The SMILES string of the molecule is COCc1ccc(C(=O)NCc2ccc(S(=O)(=O)NC3CC3)cc2)o1. The van der Waals surface area contributed by atoms with E-state index in [1.165, 1.54) is 12.1 Å². The van der Waals surface area contributed by atoms with E-state index in [0.29, 0.717) is 12.4 Å². The molecule has 25 heavy (non-hydrogen) atoms. The third-order valence-corrected chi connectivity index (χ3v) is 5.29. The molecule has 1 heterocycles. The Hall–Kier alpha value is -2.16. The number of carbonyl (C=O) groups excluding carboxylic acids is 1. The summed E-state index contributed by atoms with van der Waals surface area (Å²) in [4.78, 5) is 12.3. The maximum atomic E-state index is 12.1. The van der Waals surface area contributed by atoms with E-state index in [1.54, 1.807) is 31.4 Å². The number of carbonyl (C=O) groups is 1. The summed E-state index contributed by atoms with van der Waals surface area (Å²) in [5, 5.41) is 2.73. The number of benzene rings is 1. The van der Waals surface area contributed by atoms with Gasteiger partial charge >= 0.3 is 0 Å². The molecule has 1 aromatic heterocycles. The largest absolute Gasteiger partial charge is 0.453 e. The Bertz CT molecular complexity index is 838. The molecular weight excluding hydrogens is 344 g/mol. The quantitative estimate of drug-likeness (QED) is 0.744. The van der Waals surface area contributed by atoms with E-state index in [4.69, 9.17) is 9.15 Å². The second-order valence-electron chi connectivity index (χ2n) is 5.92. The minimum Gasteiger partial charge on any atom is -0.453 e. The van der Waals surface area contributed by atoms with E-state index >= 15 is 0 Å². The monoisotopic (exact) mass is 364 g/mol. The molecule has 0 bridgehead atoms. The van der Waals surface area contributed by atoms with Crippen LogP contribution in [0.1, 0.15) is 34.7 Å². The Balaban J connectivity index is 1.56. The average molecular weight is 364 g/mol. The molecule has 0 spiro atoms. The molecule has 1 fully saturated rings. The highest BCUT2D eigenvalue weighted by atomic mass is 32.2. The molecule has 0 radical (unpaired) electrons. The smallest absolute Gasteiger partial charge is 0.287 e. The second-order valence-corrected chi connectivity index (χ2v) is 7.64. The van der Waals surface area contributed by atoms with Crippen molar-refractivity contribution in [2.24, 2.45) is 0 Å². The van der Waals surface area contributed by atoms with Crippen LogP contribution in [0.25, 0.3) is 0 Å². The molecule has 1 aromatic carbocycles. The van der Waals surface area contributed by atoms with Crippen LogP contribution in [-0.4, -0.2) is 27.5 Å². The van der Waals surface area contributed by atoms with Crippen LogP contribution < -0.4 is 10.0 Å². The maximum absolute atomic E-state index is 12.1. The highest BCUT2D eigenvalue weighted by Gasteiger charge is 2.27. The van der Waals surface area contributed by atoms with Crippen LogP contribution in [0.4, 0.5) is 0 Å². The van der Waals surface area contributed by atoms with Crippen LogP contribution >= 0.6 is 0 Å². The summed E-state index contributed by atoms with van der Waals surface area (Å²) in [6, 6.07) is 9.78. The Labute approximate surface area is 146 Å². The van der Waals surface area contributed by atoms with E-state index in [1.807, 2.05) is 0 Å². The Morgan fingerprint density at radius 2 is 1.92 bits per heavy atom. The van der Waals surface area contributed by atoms with Crippen LogP contribution in [0, 0.1) is 0 Å². The van der Waals surface area contributed by atoms with Gasteiger partial charge in [0.15, 0.2) is 5.76 Å². The van der Waals surface area contributed by atoms with E-state index in [-0.39, 0.29) is 29.1 Å². The molecule has 1 amide bonds. The van der Waals surface area contributed by atoms with Crippen molar-refractivity contribution < 1.29 is 22.4 Å². The number of nitrogens with one attached hydrogen (secondary N) is 2. The van der Waals surface area contributed by atoms with E-state index in [2.05, 4.69) is 10.0 Å². The highest BCUT2D eigenvalue weighted by molar-refractivity contribution is 7.89. The Kier molecular flexibility index (Phi) is 5.22. The molecule has 2 N–H and O–H groups in total. The lowest BCUT2D eigenvalue weighted by atomic mass is 10.2. The minimum atomic E-state index is -3.45. The molecule has 0 atom stereocenters. The van der Waals surface area contributed by atoms with Gasteiger partial charge in [-0.1, -0.05) is 12.1 Å².